The normalized spacial score (nSPS) is 19.2. The topological polar surface area (TPSA) is 70.6 Å². The van der Waals surface area contributed by atoms with E-state index in [0.29, 0.717) is 17.9 Å². The van der Waals surface area contributed by atoms with E-state index in [1.165, 1.54) is 0 Å². The number of rotatable bonds is 3. The van der Waals surface area contributed by atoms with E-state index in [9.17, 15) is 9.90 Å². The van der Waals surface area contributed by atoms with Crippen molar-refractivity contribution in [3.05, 3.63) is 23.8 Å². The molecular weight excluding hydrogens is 232 g/mol. The fourth-order valence-electron chi connectivity index (χ4n) is 2.13. The highest BCUT2D eigenvalue weighted by Gasteiger charge is 2.43. The van der Waals surface area contributed by atoms with Gasteiger partial charge in [0.05, 0.1) is 23.4 Å². The lowest BCUT2D eigenvalue weighted by Crippen LogP contribution is -2.40. The van der Waals surface area contributed by atoms with Crippen LogP contribution in [0.25, 0.3) is 0 Å². The summed E-state index contributed by atoms with van der Waals surface area (Å²) in [7, 11) is 0. The first-order valence-corrected chi connectivity index (χ1v) is 6.17. The SMILES string of the molecule is O=C(NC1(CO)CC1)c1cccc2c1OCCN2. The van der Waals surface area contributed by atoms with Crippen molar-refractivity contribution in [2.45, 2.75) is 18.4 Å². The number of hydrogen-bond acceptors (Lipinski definition) is 4. The zero-order chi connectivity index (χ0) is 12.6. The van der Waals surface area contributed by atoms with Crippen LogP contribution < -0.4 is 15.4 Å². The van der Waals surface area contributed by atoms with E-state index in [0.717, 1.165) is 25.1 Å². The van der Waals surface area contributed by atoms with Crippen molar-refractivity contribution in [3.63, 3.8) is 0 Å². The van der Waals surface area contributed by atoms with Crippen LogP contribution in [-0.4, -0.2) is 36.3 Å². The molecule has 0 unspecified atom stereocenters. The number of ether oxygens (including phenoxy) is 1. The van der Waals surface area contributed by atoms with E-state index < -0.39 is 5.54 Å². The van der Waals surface area contributed by atoms with Crippen LogP contribution in [0, 0.1) is 0 Å². The van der Waals surface area contributed by atoms with Gasteiger partial charge in [0.1, 0.15) is 6.61 Å². The van der Waals surface area contributed by atoms with Crippen molar-refractivity contribution in [2.75, 3.05) is 25.1 Å². The molecule has 5 nitrogen and oxygen atoms in total. The smallest absolute Gasteiger partial charge is 0.255 e. The predicted octanol–water partition coefficient (Wildman–Crippen LogP) is 0.746. The highest BCUT2D eigenvalue weighted by molar-refractivity contribution is 5.99. The van der Waals surface area contributed by atoms with Crippen LogP contribution in [0.4, 0.5) is 5.69 Å². The third-order valence-electron chi connectivity index (χ3n) is 3.46. The molecule has 18 heavy (non-hydrogen) atoms. The van der Waals surface area contributed by atoms with Crippen LogP contribution in [0.15, 0.2) is 18.2 Å². The Kier molecular flexibility index (Phi) is 2.63. The second-order valence-corrected chi connectivity index (χ2v) is 4.85. The summed E-state index contributed by atoms with van der Waals surface area (Å²) in [4.78, 5) is 12.2. The van der Waals surface area contributed by atoms with Crippen LogP contribution in [-0.2, 0) is 0 Å². The minimum absolute atomic E-state index is 0.00707. The van der Waals surface area contributed by atoms with Crippen LogP contribution >= 0.6 is 0 Å². The van der Waals surface area contributed by atoms with Gasteiger partial charge in [-0.2, -0.15) is 0 Å². The van der Waals surface area contributed by atoms with E-state index in [1.807, 2.05) is 12.1 Å². The molecule has 1 aromatic rings. The average molecular weight is 248 g/mol. The number of fused-ring (bicyclic) bond motifs is 1. The Hall–Kier alpha value is -1.75. The molecule has 0 bridgehead atoms. The molecule has 0 saturated heterocycles. The molecule has 2 aliphatic rings. The first-order valence-electron chi connectivity index (χ1n) is 6.17. The summed E-state index contributed by atoms with van der Waals surface area (Å²) in [5.74, 6) is 0.428. The number of para-hydroxylation sites is 1. The lowest BCUT2D eigenvalue weighted by molar-refractivity contribution is 0.0902. The number of benzene rings is 1. The van der Waals surface area contributed by atoms with Gasteiger partial charge in [0.25, 0.3) is 5.91 Å². The Morgan fingerprint density at radius 3 is 3.06 bits per heavy atom. The number of nitrogens with one attached hydrogen (secondary N) is 2. The monoisotopic (exact) mass is 248 g/mol. The molecular formula is C13H16N2O3. The first kappa shape index (κ1) is 11.3. The number of aliphatic hydroxyl groups excluding tert-OH is 1. The maximum Gasteiger partial charge on any atom is 0.255 e. The summed E-state index contributed by atoms with van der Waals surface area (Å²) in [6.45, 7) is 1.30. The third-order valence-corrected chi connectivity index (χ3v) is 3.46. The average Bonchev–Trinajstić information content (AvgIpc) is 3.18. The molecule has 1 fully saturated rings. The van der Waals surface area contributed by atoms with Gasteiger partial charge in [-0.3, -0.25) is 4.79 Å². The molecule has 3 N–H and O–H groups in total. The van der Waals surface area contributed by atoms with Gasteiger partial charge in [-0.1, -0.05) is 6.07 Å². The van der Waals surface area contributed by atoms with Gasteiger partial charge in [-0.15, -0.1) is 0 Å². The van der Waals surface area contributed by atoms with Crippen molar-refractivity contribution in [1.82, 2.24) is 5.32 Å². The van der Waals surface area contributed by atoms with Gasteiger partial charge in [-0.25, -0.2) is 0 Å². The Bertz CT molecular complexity index is 483. The van der Waals surface area contributed by atoms with Crippen LogP contribution in [0.3, 0.4) is 0 Å². The highest BCUT2D eigenvalue weighted by Crippen LogP contribution is 2.36. The highest BCUT2D eigenvalue weighted by atomic mass is 16.5. The zero-order valence-corrected chi connectivity index (χ0v) is 10.0. The minimum atomic E-state index is -0.401. The van der Waals surface area contributed by atoms with Crippen LogP contribution in [0.2, 0.25) is 0 Å². The summed E-state index contributed by atoms with van der Waals surface area (Å²) < 4.78 is 5.56. The van der Waals surface area contributed by atoms with Crippen LogP contribution in [0.5, 0.6) is 5.75 Å². The zero-order valence-electron chi connectivity index (χ0n) is 10.0. The van der Waals surface area contributed by atoms with Crippen molar-refractivity contribution in [1.29, 1.82) is 0 Å². The second-order valence-electron chi connectivity index (χ2n) is 4.85. The fraction of sp³-hybridized carbons (Fsp3) is 0.462. The van der Waals surface area contributed by atoms with Gasteiger partial charge >= 0.3 is 0 Å². The number of amides is 1. The van der Waals surface area contributed by atoms with Crippen LogP contribution in [0.1, 0.15) is 23.2 Å². The summed E-state index contributed by atoms with van der Waals surface area (Å²) in [6, 6.07) is 5.47. The minimum Gasteiger partial charge on any atom is -0.489 e. The third kappa shape index (κ3) is 1.90. The lowest BCUT2D eigenvalue weighted by Gasteiger charge is -2.22. The predicted molar refractivity (Wildman–Crippen MR) is 66.9 cm³/mol. The quantitative estimate of drug-likeness (QED) is 0.738. The molecule has 0 radical (unpaired) electrons. The molecule has 0 spiro atoms. The Labute approximate surface area is 105 Å². The molecule has 1 amide bonds. The van der Waals surface area contributed by atoms with E-state index in [2.05, 4.69) is 10.6 Å². The van der Waals surface area contributed by atoms with E-state index in [4.69, 9.17) is 4.74 Å². The van der Waals surface area contributed by atoms with Crippen molar-refractivity contribution >= 4 is 11.6 Å². The maximum absolute atomic E-state index is 12.2. The summed E-state index contributed by atoms with van der Waals surface area (Å²) in [6.07, 6.45) is 1.67. The molecule has 1 aromatic carbocycles. The number of carbonyl (C=O) groups excluding carboxylic acids is 1. The number of hydrogen-bond donors (Lipinski definition) is 3. The van der Waals surface area contributed by atoms with Crippen molar-refractivity contribution in [3.8, 4) is 5.75 Å². The van der Waals surface area contributed by atoms with E-state index >= 15 is 0 Å². The number of anilines is 1. The molecule has 3 rings (SSSR count). The number of aliphatic hydroxyl groups is 1. The number of carbonyl (C=O) groups is 1. The summed E-state index contributed by atoms with van der Waals surface area (Å²) in [5, 5.41) is 15.3. The molecule has 5 heteroatoms. The standard InChI is InChI=1S/C13H16N2O3/c16-8-13(4-5-13)15-12(17)9-2-1-3-10-11(9)18-7-6-14-10/h1-3,14,16H,4-8H2,(H,15,17). The van der Waals surface area contributed by atoms with Gasteiger partial charge in [0.15, 0.2) is 5.75 Å². The Balaban J connectivity index is 1.85. The fourth-order valence-corrected chi connectivity index (χ4v) is 2.13. The largest absolute Gasteiger partial charge is 0.489 e. The lowest BCUT2D eigenvalue weighted by atomic mass is 10.1. The molecule has 1 heterocycles. The molecule has 0 atom stereocenters. The summed E-state index contributed by atoms with van der Waals surface area (Å²) >= 11 is 0. The Morgan fingerprint density at radius 1 is 1.50 bits per heavy atom. The molecule has 0 aromatic heterocycles. The molecule has 1 saturated carbocycles. The van der Waals surface area contributed by atoms with Crippen molar-refractivity contribution < 1.29 is 14.6 Å². The van der Waals surface area contributed by atoms with E-state index in [1.54, 1.807) is 6.07 Å². The van der Waals surface area contributed by atoms with Gasteiger partial charge in [0.2, 0.25) is 0 Å². The maximum atomic E-state index is 12.2. The molecule has 96 valence electrons. The second kappa shape index (κ2) is 4.17. The van der Waals surface area contributed by atoms with Gasteiger partial charge < -0.3 is 20.5 Å². The Morgan fingerprint density at radius 2 is 2.33 bits per heavy atom. The van der Waals surface area contributed by atoms with Crippen molar-refractivity contribution in [2.24, 2.45) is 0 Å². The van der Waals surface area contributed by atoms with E-state index in [-0.39, 0.29) is 12.5 Å². The van der Waals surface area contributed by atoms with Gasteiger partial charge in [-0.05, 0) is 25.0 Å². The molecule has 1 aliphatic carbocycles. The first-order chi connectivity index (χ1) is 8.74. The molecule has 1 aliphatic heterocycles. The van der Waals surface area contributed by atoms with Gasteiger partial charge in [0, 0.05) is 6.54 Å². The summed E-state index contributed by atoms with van der Waals surface area (Å²) in [5.41, 5.74) is 0.976.